The molecular weight excluding hydrogens is 182 g/mol. The SMILES string of the molecule is C=C(CC)[C@H]1CC[C@@H](N(CC)CC)CC1. The van der Waals surface area contributed by atoms with Crippen LogP contribution in [-0.2, 0) is 0 Å². The molecule has 0 aromatic heterocycles. The van der Waals surface area contributed by atoms with Gasteiger partial charge in [0.15, 0.2) is 0 Å². The molecule has 1 aliphatic rings. The lowest BCUT2D eigenvalue weighted by atomic mass is 9.80. The van der Waals surface area contributed by atoms with Crippen LogP contribution < -0.4 is 0 Å². The normalized spacial score (nSPS) is 26.9. The van der Waals surface area contributed by atoms with Crippen LogP contribution in [0.15, 0.2) is 12.2 Å². The van der Waals surface area contributed by atoms with Gasteiger partial charge in [0.05, 0.1) is 0 Å². The lowest BCUT2D eigenvalue weighted by molar-refractivity contribution is 0.156. The highest BCUT2D eigenvalue weighted by Gasteiger charge is 2.24. The molecule has 0 N–H and O–H groups in total. The molecular formula is C14H27N. The molecule has 1 saturated carbocycles. The minimum absolute atomic E-state index is 0.821. The van der Waals surface area contributed by atoms with Gasteiger partial charge in [-0.3, -0.25) is 0 Å². The maximum atomic E-state index is 4.19. The van der Waals surface area contributed by atoms with E-state index < -0.39 is 0 Å². The molecule has 0 atom stereocenters. The second kappa shape index (κ2) is 6.32. The lowest BCUT2D eigenvalue weighted by Gasteiger charge is -2.36. The van der Waals surface area contributed by atoms with Gasteiger partial charge >= 0.3 is 0 Å². The standard InChI is InChI=1S/C14H27N/c1-5-12(4)13-8-10-14(11-9-13)15(6-2)7-3/h13-14H,4-11H2,1-3H3/t13-,14+. The van der Waals surface area contributed by atoms with Crippen LogP contribution in [0.4, 0.5) is 0 Å². The molecule has 1 rings (SSSR count). The van der Waals surface area contributed by atoms with Crippen molar-refractivity contribution in [2.75, 3.05) is 13.1 Å². The Balaban J connectivity index is 2.38. The molecule has 0 radical (unpaired) electrons. The van der Waals surface area contributed by atoms with Crippen LogP contribution in [0.3, 0.4) is 0 Å². The fourth-order valence-electron chi connectivity index (χ4n) is 2.88. The fourth-order valence-corrected chi connectivity index (χ4v) is 2.88. The average Bonchev–Trinajstić information content (AvgIpc) is 2.30. The van der Waals surface area contributed by atoms with Gasteiger partial charge in [0, 0.05) is 6.04 Å². The van der Waals surface area contributed by atoms with E-state index in [1.165, 1.54) is 50.8 Å². The third-order valence-corrected chi connectivity index (χ3v) is 4.06. The summed E-state index contributed by atoms with van der Waals surface area (Å²) in [5.74, 6) is 0.821. The highest BCUT2D eigenvalue weighted by Crippen LogP contribution is 2.32. The summed E-state index contributed by atoms with van der Waals surface area (Å²) in [6.45, 7) is 13.4. The van der Waals surface area contributed by atoms with Crippen molar-refractivity contribution < 1.29 is 0 Å². The summed E-state index contributed by atoms with van der Waals surface area (Å²) in [7, 11) is 0. The fraction of sp³-hybridized carbons (Fsp3) is 0.857. The molecule has 0 aromatic rings. The van der Waals surface area contributed by atoms with Crippen molar-refractivity contribution in [1.82, 2.24) is 4.90 Å². The van der Waals surface area contributed by atoms with Crippen molar-refractivity contribution >= 4 is 0 Å². The van der Waals surface area contributed by atoms with Gasteiger partial charge in [0.1, 0.15) is 0 Å². The van der Waals surface area contributed by atoms with E-state index in [1.54, 1.807) is 0 Å². The number of hydrogen-bond donors (Lipinski definition) is 0. The first kappa shape index (κ1) is 12.8. The van der Waals surface area contributed by atoms with E-state index in [9.17, 15) is 0 Å². The van der Waals surface area contributed by atoms with Crippen LogP contribution in [0.2, 0.25) is 0 Å². The maximum absolute atomic E-state index is 4.19. The molecule has 1 aliphatic carbocycles. The van der Waals surface area contributed by atoms with E-state index in [0.29, 0.717) is 0 Å². The van der Waals surface area contributed by atoms with Gasteiger partial charge in [-0.25, -0.2) is 0 Å². The second-order valence-corrected chi connectivity index (χ2v) is 4.74. The first-order valence-corrected chi connectivity index (χ1v) is 6.64. The van der Waals surface area contributed by atoms with E-state index in [2.05, 4.69) is 32.3 Å². The first-order valence-electron chi connectivity index (χ1n) is 6.64. The quantitative estimate of drug-likeness (QED) is 0.622. The maximum Gasteiger partial charge on any atom is 0.00954 e. The summed E-state index contributed by atoms with van der Waals surface area (Å²) in [5, 5.41) is 0. The van der Waals surface area contributed by atoms with Crippen LogP contribution in [0, 0.1) is 5.92 Å². The number of hydrogen-bond acceptors (Lipinski definition) is 1. The zero-order chi connectivity index (χ0) is 11.3. The van der Waals surface area contributed by atoms with Gasteiger partial charge in [-0.05, 0) is 51.1 Å². The zero-order valence-corrected chi connectivity index (χ0v) is 10.8. The van der Waals surface area contributed by atoms with E-state index in [1.807, 2.05) is 0 Å². The number of nitrogens with zero attached hydrogens (tertiary/aromatic N) is 1. The predicted molar refractivity (Wildman–Crippen MR) is 68.1 cm³/mol. The third-order valence-electron chi connectivity index (χ3n) is 4.06. The summed E-state index contributed by atoms with van der Waals surface area (Å²) in [6, 6.07) is 0.848. The number of allylic oxidation sites excluding steroid dienone is 1. The minimum Gasteiger partial charge on any atom is -0.301 e. The lowest BCUT2D eigenvalue weighted by Crippen LogP contribution is -2.37. The molecule has 88 valence electrons. The highest BCUT2D eigenvalue weighted by atomic mass is 15.1. The van der Waals surface area contributed by atoms with E-state index in [4.69, 9.17) is 0 Å². The van der Waals surface area contributed by atoms with Gasteiger partial charge in [0.25, 0.3) is 0 Å². The van der Waals surface area contributed by atoms with Crippen LogP contribution in [0.25, 0.3) is 0 Å². The summed E-state index contributed by atoms with van der Waals surface area (Å²) < 4.78 is 0. The number of rotatable bonds is 5. The Morgan fingerprint density at radius 2 is 1.60 bits per heavy atom. The molecule has 0 amide bonds. The zero-order valence-electron chi connectivity index (χ0n) is 10.8. The molecule has 1 fully saturated rings. The van der Waals surface area contributed by atoms with Crippen LogP contribution in [-0.4, -0.2) is 24.0 Å². The summed E-state index contributed by atoms with van der Waals surface area (Å²) >= 11 is 0. The molecule has 0 aliphatic heterocycles. The van der Waals surface area contributed by atoms with Crippen molar-refractivity contribution in [3.63, 3.8) is 0 Å². The third kappa shape index (κ3) is 3.34. The minimum atomic E-state index is 0.821. The molecule has 0 unspecified atom stereocenters. The van der Waals surface area contributed by atoms with Crippen molar-refractivity contribution in [1.29, 1.82) is 0 Å². The van der Waals surface area contributed by atoms with Crippen molar-refractivity contribution in [2.45, 2.75) is 58.9 Å². The smallest absolute Gasteiger partial charge is 0.00954 e. The molecule has 1 heteroatoms. The molecule has 0 spiro atoms. The Hall–Kier alpha value is -0.300. The molecule has 0 saturated heterocycles. The van der Waals surface area contributed by atoms with Gasteiger partial charge in [-0.15, -0.1) is 0 Å². The molecule has 0 bridgehead atoms. The molecule has 0 heterocycles. The first-order chi connectivity index (χ1) is 7.22. The van der Waals surface area contributed by atoms with Crippen molar-refractivity contribution in [3.8, 4) is 0 Å². The Labute approximate surface area is 95.5 Å². The van der Waals surface area contributed by atoms with Crippen LogP contribution >= 0.6 is 0 Å². The van der Waals surface area contributed by atoms with Gasteiger partial charge in [0.2, 0.25) is 0 Å². The largest absolute Gasteiger partial charge is 0.301 e. The molecule has 1 nitrogen and oxygen atoms in total. The summed E-state index contributed by atoms with van der Waals surface area (Å²) in [6.07, 6.45) is 6.67. The topological polar surface area (TPSA) is 3.24 Å². The average molecular weight is 209 g/mol. The molecule has 15 heavy (non-hydrogen) atoms. The predicted octanol–water partition coefficient (Wildman–Crippen LogP) is 3.85. The monoisotopic (exact) mass is 209 g/mol. The Morgan fingerprint density at radius 1 is 1.07 bits per heavy atom. The molecule has 0 aromatic carbocycles. The summed E-state index contributed by atoms with van der Waals surface area (Å²) in [5.41, 5.74) is 1.48. The van der Waals surface area contributed by atoms with Crippen LogP contribution in [0.5, 0.6) is 0 Å². The van der Waals surface area contributed by atoms with E-state index >= 15 is 0 Å². The van der Waals surface area contributed by atoms with Gasteiger partial charge in [-0.2, -0.15) is 0 Å². The van der Waals surface area contributed by atoms with Crippen LogP contribution in [0.1, 0.15) is 52.9 Å². The Bertz CT molecular complexity index is 186. The van der Waals surface area contributed by atoms with Crippen molar-refractivity contribution in [2.24, 2.45) is 5.92 Å². The second-order valence-electron chi connectivity index (χ2n) is 4.74. The highest BCUT2D eigenvalue weighted by molar-refractivity contribution is 5.01. The van der Waals surface area contributed by atoms with Gasteiger partial charge in [-0.1, -0.05) is 32.9 Å². The van der Waals surface area contributed by atoms with E-state index in [0.717, 1.165) is 12.0 Å². The summed E-state index contributed by atoms with van der Waals surface area (Å²) in [4.78, 5) is 2.62. The van der Waals surface area contributed by atoms with E-state index in [-0.39, 0.29) is 0 Å². The van der Waals surface area contributed by atoms with Gasteiger partial charge < -0.3 is 4.90 Å². The van der Waals surface area contributed by atoms with Crippen molar-refractivity contribution in [3.05, 3.63) is 12.2 Å². The Kier molecular flexibility index (Phi) is 5.38. The Morgan fingerprint density at radius 3 is 2.00 bits per heavy atom.